The SMILES string of the molecule is CC(C)(C)c1ccc(C(=O)N/N=C/C(Br)=C/c2ccccc2)cc1. The van der Waals surface area contributed by atoms with Gasteiger partial charge in [0.1, 0.15) is 0 Å². The molecular weight excluding hydrogens is 364 g/mol. The van der Waals surface area contributed by atoms with Gasteiger partial charge in [0.05, 0.1) is 6.21 Å². The molecule has 24 heavy (non-hydrogen) atoms. The summed E-state index contributed by atoms with van der Waals surface area (Å²) in [5, 5.41) is 3.98. The smallest absolute Gasteiger partial charge is 0.267 e. The number of hydrogen-bond donors (Lipinski definition) is 1. The number of rotatable bonds is 4. The molecule has 0 saturated carbocycles. The maximum Gasteiger partial charge on any atom is 0.271 e. The van der Waals surface area contributed by atoms with E-state index < -0.39 is 0 Å². The van der Waals surface area contributed by atoms with Gasteiger partial charge >= 0.3 is 0 Å². The third kappa shape index (κ3) is 5.46. The number of hydrogen-bond acceptors (Lipinski definition) is 2. The second kappa shape index (κ2) is 8.06. The van der Waals surface area contributed by atoms with Gasteiger partial charge in [0.15, 0.2) is 0 Å². The number of nitrogens with one attached hydrogen (secondary N) is 1. The number of hydrazone groups is 1. The largest absolute Gasteiger partial charge is 0.271 e. The van der Waals surface area contributed by atoms with Crippen LogP contribution >= 0.6 is 15.9 Å². The van der Waals surface area contributed by atoms with Crippen molar-refractivity contribution in [2.45, 2.75) is 26.2 Å². The number of carbonyl (C=O) groups is 1. The average Bonchev–Trinajstić information content (AvgIpc) is 2.55. The molecule has 2 aromatic carbocycles. The van der Waals surface area contributed by atoms with Gasteiger partial charge in [-0.25, -0.2) is 5.43 Å². The van der Waals surface area contributed by atoms with E-state index >= 15 is 0 Å². The Labute approximate surface area is 151 Å². The second-order valence-corrected chi connectivity index (χ2v) is 7.38. The molecule has 1 N–H and O–H groups in total. The first kappa shape index (κ1) is 18.1. The van der Waals surface area contributed by atoms with Crippen LogP contribution in [0, 0.1) is 0 Å². The van der Waals surface area contributed by atoms with Crippen molar-refractivity contribution in [2.24, 2.45) is 5.10 Å². The lowest BCUT2D eigenvalue weighted by Crippen LogP contribution is -2.18. The molecule has 0 bridgehead atoms. The number of carbonyl (C=O) groups excluding carboxylic acids is 1. The molecule has 2 aromatic rings. The third-order valence-corrected chi connectivity index (χ3v) is 3.90. The number of halogens is 1. The Balaban J connectivity index is 1.96. The van der Waals surface area contributed by atoms with Gasteiger partial charge in [-0.15, -0.1) is 0 Å². The van der Waals surface area contributed by atoms with Crippen molar-refractivity contribution in [3.05, 3.63) is 75.8 Å². The van der Waals surface area contributed by atoms with E-state index in [1.807, 2.05) is 60.7 Å². The molecule has 2 rings (SSSR count). The first-order valence-corrected chi connectivity index (χ1v) is 8.52. The molecule has 1 amide bonds. The zero-order chi connectivity index (χ0) is 17.6. The van der Waals surface area contributed by atoms with Crippen molar-refractivity contribution in [2.75, 3.05) is 0 Å². The highest BCUT2D eigenvalue weighted by Crippen LogP contribution is 2.22. The van der Waals surface area contributed by atoms with Crippen LogP contribution < -0.4 is 5.43 Å². The topological polar surface area (TPSA) is 41.5 Å². The molecule has 0 aliphatic heterocycles. The number of allylic oxidation sites excluding steroid dienone is 1. The van der Waals surface area contributed by atoms with E-state index in [0.29, 0.717) is 5.56 Å². The molecule has 0 unspecified atom stereocenters. The predicted molar refractivity (Wildman–Crippen MR) is 104 cm³/mol. The zero-order valence-corrected chi connectivity index (χ0v) is 15.7. The summed E-state index contributed by atoms with van der Waals surface area (Å²) < 4.78 is 0.775. The summed E-state index contributed by atoms with van der Waals surface area (Å²) in [6, 6.07) is 17.5. The highest BCUT2D eigenvalue weighted by Gasteiger charge is 2.14. The molecule has 4 heteroatoms. The van der Waals surface area contributed by atoms with Crippen LogP contribution in [0.15, 0.2) is 64.2 Å². The second-order valence-electron chi connectivity index (χ2n) is 6.47. The summed E-state index contributed by atoms with van der Waals surface area (Å²) in [5.74, 6) is -0.230. The molecule has 124 valence electrons. The van der Waals surface area contributed by atoms with Crippen molar-refractivity contribution in [1.82, 2.24) is 5.43 Å². The van der Waals surface area contributed by atoms with Gasteiger partial charge in [-0.2, -0.15) is 5.10 Å². The van der Waals surface area contributed by atoms with Crippen molar-refractivity contribution in [1.29, 1.82) is 0 Å². The standard InChI is InChI=1S/C20H21BrN2O/c1-20(2,3)17-11-9-16(10-12-17)19(24)23-22-14-18(21)13-15-7-5-4-6-8-15/h4-14H,1-3H3,(H,23,24)/b18-13-,22-14+. The van der Waals surface area contributed by atoms with Crippen molar-refractivity contribution in [3.63, 3.8) is 0 Å². The summed E-state index contributed by atoms with van der Waals surface area (Å²) in [6.07, 6.45) is 3.49. The third-order valence-electron chi connectivity index (χ3n) is 3.47. The van der Waals surface area contributed by atoms with E-state index in [4.69, 9.17) is 0 Å². The molecule has 0 fully saturated rings. The number of nitrogens with zero attached hydrogens (tertiary/aromatic N) is 1. The van der Waals surface area contributed by atoms with Gasteiger partial charge in [-0.05, 0) is 50.7 Å². The normalized spacial score (nSPS) is 12.4. The minimum atomic E-state index is -0.230. The Hall–Kier alpha value is -2.20. The summed E-state index contributed by atoms with van der Waals surface area (Å²) >= 11 is 3.41. The van der Waals surface area contributed by atoms with Crippen LogP contribution in [0.4, 0.5) is 0 Å². The van der Waals surface area contributed by atoms with Crippen LogP contribution in [-0.2, 0) is 5.41 Å². The van der Waals surface area contributed by atoms with Crippen molar-refractivity contribution >= 4 is 34.1 Å². The molecule has 0 saturated heterocycles. The summed E-state index contributed by atoms with van der Waals surface area (Å²) in [6.45, 7) is 6.43. The number of benzene rings is 2. The Morgan fingerprint density at radius 2 is 1.67 bits per heavy atom. The van der Waals surface area contributed by atoms with E-state index in [-0.39, 0.29) is 11.3 Å². The molecule has 0 spiro atoms. The van der Waals surface area contributed by atoms with Gasteiger partial charge in [-0.3, -0.25) is 4.79 Å². The Bertz CT molecular complexity index is 741. The lowest BCUT2D eigenvalue weighted by atomic mass is 9.87. The van der Waals surface area contributed by atoms with Crippen molar-refractivity contribution in [3.8, 4) is 0 Å². The van der Waals surface area contributed by atoms with Gasteiger partial charge in [0, 0.05) is 10.0 Å². The average molecular weight is 385 g/mol. The maximum atomic E-state index is 12.1. The number of amides is 1. The zero-order valence-electron chi connectivity index (χ0n) is 14.1. The van der Waals surface area contributed by atoms with E-state index in [1.54, 1.807) is 6.21 Å². The van der Waals surface area contributed by atoms with Crippen LogP contribution in [-0.4, -0.2) is 12.1 Å². The van der Waals surface area contributed by atoms with Crippen LogP contribution in [0.1, 0.15) is 42.3 Å². The minimum Gasteiger partial charge on any atom is -0.267 e. The molecule has 3 nitrogen and oxygen atoms in total. The van der Waals surface area contributed by atoms with Crippen LogP contribution in [0.25, 0.3) is 6.08 Å². The Morgan fingerprint density at radius 1 is 1.04 bits per heavy atom. The molecule has 0 heterocycles. The highest BCUT2D eigenvalue weighted by molar-refractivity contribution is 9.12. The molecule has 0 radical (unpaired) electrons. The molecule has 0 aliphatic rings. The highest BCUT2D eigenvalue weighted by atomic mass is 79.9. The Kier molecular flexibility index (Phi) is 6.10. The van der Waals surface area contributed by atoms with E-state index in [9.17, 15) is 4.79 Å². The summed E-state index contributed by atoms with van der Waals surface area (Å²) in [5.41, 5.74) is 5.44. The van der Waals surface area contributed by atoms with Crippen LogP contribution in [0.3, 0.4) is 0 Å². The first-order valence-electron chi connectivity index (χ1n) is 7.72. The van der Waals surface area contributed by atoms with Crippen LogP contribution in [0.2, 0.25) is 0 Å². The lowest BCUT2D eigenvalue weighted by molar-refractivity contribution is 0.0955. The fraction of sp³-hybridized carbons (Fsp3) is 0.200. The Morgan fingerprint density at radius 3 is 2.25 bits per heavy atom. The summed E-state index contributed by atoms with van der Waals surface area (Å²) in [4.78, 5) is 12.1. The molecule has 0 aliphatic carbocycles. The van der Waals surface area contributed by atoms with E-state index in [1.165, 1.54) is 5.56 Å². The minimum absolute atomic E-state index is 0.0697. The van der Waals surface area contributed by atoms with E-state index in [2.05, 4.69) is 47.2 Å². The predicted octanol–water partition coefficient (Wildman–Crippen LogP) is 5.14. The van der Waals surface area contributed by atoms with Gasteiger partial charge in [-0.1, -0.05) is 63.2 Å². The molecular formula is C20H21BrN2O. The molecule has 0 atom stereocenters. The lowest BCUT2D eigenvalue weighted by Gasteiger charge is -2.18. The van der Waals surface area contributed by atoms with Crippen molar-refractivity contribution < 1.29 is 4.79 Å². The quantitative estimate of drug-likeness (QED) is 0.575. The van der Waals surface area contributed by atoms with Gasteiger partial charge in [0.2, 0.25) is 0 Å². The van der Waals surface area contributed by atoms with Gasteiger partial charge < -0.3 is 0 Å². The molecule has 0 aromatic heterocycles. The first-order chi connectivity index (χ1) is 11.4. The monoisotopic (exact) mass is 384 g/mol. The van der Waals surface area contributed by atoms with E-state index in [0.717, 1.165) is 10.0 Å². The maximum absolute atomic E-state index is 12.1. The fourth-order valence-corrected chi connectivity index (χ4v) is 2.45. The summed E-state index contributed by atoms with van der Waals surface area (Å²) in [7, 11) is 0. The van der Waals surface area contributed by atoms with Crippen LogP contribution in [0.5, 0.6) is 0 Å². The fourth-order valence-electron chi connectivity index (χ4n) is 2.08. The van der Waals surface area contributed by atoms with Gasteiger partial charge in [0.25, 0.3) is 5.91 Å².